The number of halogens is 8. The van der Waals surface area contributed by atoms with Crippen LogP contribution in [0.3, 0.4) is 0 Å². The number of benzene rings is 8. The predicted molar refractivity (Wildman–Crippen MR) is 433 cm³/mol. The minimum absolute atomic E-state index is 0.000299. The van der Waals surface area contributed by atoms with Crippen LogP contribution in [-0.2, 0) is 116 Å². The summed E-state index contributed by atoms with van der Waals surface area (Å²) < 4.78 is 228. The number of amides is 1. The van der Waals surface area contributed by atoms with Gasteiger partial charge < -0.3 is 24.8 Å². The molecule has 8 aromatic rings. The summed E-state index contributed by atoms with van der Waals surface area (Å²) in [5, 5.41) is 12.7. The Hall–Kier alpha value is -11.3. The van der Waals surface area contributed by atoms with Crippen LogP contribution < -0.4 is 23.0 Å². The first-order chi connectivity index (χ1) is 58.4. The summed E-state index contributed by atoms with van der Waals surface area (Å²) in [6.07, 6.45) is 10.3. The Labute approximate surface area is 708 Å². The molecule has 654 valence electrons. The molecule has 0 bridgehead atoms. The number of sulfonamides is 4. The molecule has 5 fully saturated rings. The van der Waals surface area contributed by atoms with Crippen molar-refractivity contribution in [1.29, 1.82) is 0 Å². The van der Waals surface area contributed by atoms with E-state index in [4.69, 9.17) is 9.47 Å². The van der Waals surface area contributed by atoms with E-state index in [2.05, 4.69) is 14.9 Å². The highest BCUT2D eigenvalue weighted by Gasteiger charge is 2.56. The summed E-state index contributed by atoms with van der Waals surface area (Å²) in [7, 11) is -9.56. The van der Waals surface area contributed by atoms with Crippen molar-refractivity contribution in [3.05, 3.63) is 235 Å². The Kier molecular flexibility index (Phi) is 23.7. The van der Waals surface area contributed by atoms with E-state index in [9.17, 15) is 112 Å². The van der Waals surface area contributed by atoms with Gasteiger partial charge in [-0.1, -0.05) is 25.7 Å². The molecule has 37 heteroatoms. The number of likely N-dealkylation sites (tertiary alicyclic amines) is 1. The van der Waals surface area contributed by atoms with E-state index in [1.165, 1.54) is 64.7 Å². The highest BCUT2D eigenvalue weighted by molar-refractivity contribution is 7.93. The number of rotatable bonds is 17. The number of methoxy groups -OCH3 is 2. The lowest BCUT2D eigenvalue weighted by Gasteiger charge is -2.38. The first-order valence-corrected chi connectivity index (χ1v) is 45.2. The van der Waals surface area contributed by atoms with E-state index in [0.717, 1.165) is 120 Å². The maximum absolute atomic E-state index is 14.4. The fourth-order valence-electron chi connectivity index (χ4n) is 18.2. The number of hydrogen-bond acceptors (Lipinski definition) is 19. The van der Waals surface area contributed by atoms with Gasteiger partial charge in [0.25, 0.3) is 46.0 Å². The molecule has 0 unspecified atom stereocenters. The van der Waals surface area contributed by atoms with Crippen molar-refractivity contribution >= 4 is 110 Å². The minimum Gasteiger partial charge on any atom is -0.478 e. The summed E-state index contributed by atoms with van der Waals surface area (Å²) in [6.45, 7) is 1.71. The average molecular weight is 1800 g/mol. The van der Waals surface area contributed by atoms with Crippen LogP contribution in [0.25, 0.3) is 0 Å². The summed E-state index contributed by atoms with van der Waals surface area (Å²) in [5.41, 5.74) is 2.33. The topological polar surface area (TPSA) is 349 Å². The number of carbonyl (C=O) groups is 8. The maximum Gasteiger partial charge on any atom is 0.338 e. The molecule has 3 N–H and O–H groups in total. The maximum atomic E-state index is 14.4. The second-order valence-corrected chi connectivity index (χ2v) is 39.9. The Balaban J connectivity index is 0.000000135. The van der Waals surface area contributed by atoms with Crippen LogP contribution in [0, 0.1) is 46.5 Å². The molecule has 8 aliphatic carbocycles. The van der Waals surface area contributed by atoms with Gasteiger partial charge in [-0.2, -0.15) is 0 Å². The molecule has 1 aliphatic heterocycles. The van der Waals surface area contributed by atoms with Crippen molar-refractivity contribution in [3.8, 4) is 0 Å². The van der Waals surface area contributed by atoms with E-state index >= 15 is 0 Å². The third-order valence-electron chi connectivity index (χ3n) is 25.8. The second-order valence-electron chi connectivity index (χ2n) is 32.4. The number of piperidine rings is 1. The third kappa shape index (κ3) is 15.5. The standard InChI is InChI=1S/C26H29F2N3O4S.C21H19F2NO5S.2C20H17F2NO5S/c1-30-10-6-17(7-11-30)29-25(33)20-13-18(14-21-19(20)15-24(32)26(21)8-3-9-26)31(2)36(34,35)23-5-4-16(27)12-22(23)28;1-24(30(27,28)18-5-4-12(22)8-17(18)23)13-9-15(20(26)29-2)14-11-19(25)21(6-3-7-21)16(14)10-13;1-28-19(25)14-8-12(9-15-13(14)10-18(24)20(15)5-2-6-20)23-29(26,27)17-4-3-11(21)7-16(17)22;1-23(29(27,28)17-4-3-11(21)7-16(17)22)12-8-14(19(25)26)13-10-18(24)20(5-2-6-20)15(13)9-12/h4-5,12-14,17H,3,6-11,15H2,1-2H3,(H,29,33);4-5,8-10H,3,6-7,11H2,1-2H3;3-4,7-9,23H,2,5-6,10H2,1H3;3-4,7-9H,2,5-6,10H2,1H3,(H,25,26). The van der Waals surface area contributed by atoms with Gasteiger partial charge in [0, 0.05) is 82.7 Å². The first kappa shape index (κ1) is 89.0. The number of ether oxygens (including phenoxy) is 2. The average Bonchev–Trinajstić information content (AvgIpc) is 1.57. The van der Waals surface area contributed by atoms with E-state index < -0.39 is 146 Å². The molecule has 124 heavy (non-hydrogen) atoms. The number of carboxylic acids is 1. The fourth-order valence-corrected chi connectivity index (χ4v) is 22.9. The molecular weight excluding hydrogens is 1710 g/mol. The molecule has 17 rings (SSSR count). The van der Waals surface area contributed by atoms with Gasteiger partial charge >= 0.3 is 17.9 Å². The van der Waals surface area contributed by atoms with Gasteiger partial charge in [-0.05, 0) is 226 Å². The van der Waals surface area contributed by atoms with Crippen molar-refractivity contribution in [2.24, 2.45) is 0 Å². The highest BCUT2D eigenvalue weighted by atomic mass is 32.2. The number of carboxylic acid groups (broad SMARTS) is 1. The number of anilines is 4. The molecule has 0 radical (unpaired) electrons. The van der Waals surface area contributed by atoms with Gasteiger partial charge in [-0.15, -0.1) is 0 Å². The lowest BCUT2D eigenvalue weighted by Crippen LogP contribution is -2.43. The summed E-state index contributed by atoms with van der Waals surface area (Å²) in [5.74, 6) is -11.5. The predicted octanol–water partition coefficient (Wildman–Crippen LogP) is 12.4. The third-order valence-corrected chi connectivity index (χ3v) is 32.7. The number of hydrogen-bond donors (Lipinski definition) is 3. The Morgan fingerprint density at radius 1 is 0.411 bits per heavy atom. The van der Waals surface area contributed by atoms with Crippen molar-refractivity contribution < 1.29 is 122 Å². The van der Waals surface area contributed by atoms with Crippen LogP contribution in [0.5, 0.6) is 0 Å². The zero-order chi connectivity index (χ0) is 89.8. The van der Waals surface area contributed by atoms with Crippen molar-refractivity contribution in [2.45, 2.75) is 163 Å². The normalized spacial score (nSPS) is 17.8. The van der Waals surface area contributed by atoms with Gasteiger partial charge in [-0.25, -0.2) is 83.2 Å². The molecule has 0 aromatic heterocycles. The van der Waals surface area contributed by atoms with Crippen LogP contribution in [0.4, 0.5) is 57.9 Å². The molecule has 4 saturated carbocycles. The smallest absolute Gasteiger partial charge is 0.338 e. The Bertz CT molecular complexity index is 6390. The van der Waals surface area contributed by atoms with Gasteiger partial charge in [0.2, 0.25) is 0 Å². The molecule has 25 nitrogen and oxygen atoms in total. The lowest BCUT2D eigenvalue weighted by molar-refractivity contribution is -0.126. The number of esters is 2. The fraction of sp³-hybridized carbons (Fsp3) is 0.356. The number of fused-ring (bicyclic) bond motifs is 8. The zero-order valence-corrected chi connectivity index (χ0v) is 70.8. The van der Waals surface area contributed by atoms with E-state index in [0.29, 0.717) is 120 Å². The molecule has 9 aliphatic rings. The SMILES string of the molecule is CN(c1cc(C(=O)O)c2c(c1)C1(CCC1)C(=O)C2)S(=O)(=O)c1ccc(F)cc1F.CN1CCC(NC(=O)c2cc(N(C)S(=O)(=O)c3ccc(F)cc3F)cc3c2CC(=O)C32CCC2)CC1.COC(=O)c1cc(N(C)S(=O)(=O)c2ccc(F)cc2F)cc2c1CC(=O)C21CCC1.COC(=O)c1cc(NS(=O)(=O)c2ccc(F)cc2F)cc2c1CC(=O)C21CCC1. The van der Waals surface area contributed by atoms with Gasteiger partial charge in [0.05, 0.1) is 75.3 Å². The molecule has 8 aromatic carbocycles. The Morgan fingerprint density at radius 2 is 0.702 bits per heavy atom. The van der Waals surface area contributed by atoms with E-state index in [1.807, 2.05) is 7.05 Å². The minimum atomic E-state index is -4.43. The number of nitrogens with zero attached hydrogens (tertiary/aromatic N) is 4. The number of ketones is 4. The van der Waals surface area contributed by atoms with Crippen LogP contribution in [0.2, 0.25) is 0 Å². The van der Waals surface area contributed by atoms with E-state index in [-0.39, 0.29) is 106 Å². The van der Waals surface area contributed by atoms with Gasteiger partial charge in [0.15, 0.2) is 0 Å². The molecule has 4 spiro atoms. The van der Waals surface area contributed by atoms with Crippen LogP contribution in [0.1, 0.15) is 176 Å². The lowest BCUT2D eigenvalue weighted by atomic mass is 9.64. The summed E-state index contributed by atoms with van der Waals surface area (Å²) in [6, 6.07) is 20.2. The van der Waals surface area contributed by atoms with Crippen molar-refractivity contribution in [1.82, 2.24) is 10.2 Å². The van der Waals surface area contributed by atoms with Crippen LogP contribution >= 0.6 is 0 Å². The Morgan fingerprint density at radius 3 is 1.01 bits per heavy atom. The van der Waals surface area contributed by atoms with Crippen LogP contribution in [0.15, 0.2) is 141 Å². The number of aromatic carboxylic acids is 1. The quantitative estimate of drug-likeness (QED) is 0.0563. The largest absolute Gasteiger partial charge is 0.478 e. The first-order valence-electron chi connectivity index (χ1n) is 39.4. The molecule has 1 saturated heterocycles. The van der Waals surface area contributed by atoms with E-state index in [1.54, 1.807) is 12.1 Å². The van der Waals surface area contributed by atoms with Crippen molar-refractivity contribution in [2.75, 3.05) is 73.1 Å². The molecule has 1 amide bonds. The van der Waals surface area contributed by atoms with Gasteiger partial charge in [-0.3, -0.25) is 41.6 Å². The molecule has 1 heterocycles. The number of Topliss-reactive ketones (excluding diaryl/α,β-unsaturated/α-hetero) is 4. The monoisotopic (exact) mass is 1790 g/mol. The molecule has 0 atom stereocenters. The highest BCUT2D eigenvalue weighted by Crippen LogP contribution is 2.57. The summed E-state index contributed by atoms with van der Waals surface area (Å²) in [4.78, 5) is 100. The zero-order valence-electron chi connectivity index (χ0n) is 67.5. The van der Waals surface area contributed by atoms with Gasteiger partial charge in [0.1, 0.15) is 89.3 Å². The summed E-state index contributed by atoms with van der Waals surface area (Å²) >= 11 is 0. The molecular formula is C87H82F8N6O19S4. The number of carbonyl (C=O) groups excluding carboxylic acids is 7. The van der Waals surface area contributed by atoms with Crippen LogP contribution in [-0.4, -0.2) is 152 Å². The number of nitrogens with one attached hydrogen (secondary N) is 2. The second kappa shape index (κ2) is 33.0. The van der Waals surface area contributed by atoms with Crippen molar-refractivity contribution in [3.63, 3.8) is 0 Å².